The lowest BCUT2D eigenvalue weighted by Crippen LogP contribution is -2.44. The first-order valence-corrected chi connectivity index (χ1v) is 5.03. The van der Waals surface area contributed by atoms with Gasteiger partial charge in [-0.1, -0.05) is 0 Å². The zero-order chi connectivity index (χ0) is 10.4. The van der Waals surface area contributed by atoms with Crippen molar-refractivity contribution in [2.75, 3.05) is 39.4 Å². The van der Waals surface area contributed by atoms with Crippen LogP contribution < -0.4 is 11.1 Å². The Balaban J connectivity index is 0. The number of nitrogens with two attached hydrogens (primary N) is 1. The third-order valence-corrected chi connectivity index (χ3v) is 2.24. The summed E-state index contributed by atoms with van der Waals surface area (Å²) in [6, 6.07) is -0.417. The molecule has 0 aromatic heterocycles. The van der Waals surface area contributed by atoms with Crippen LogP contribution in [0.15, 0.2) is 0 Å². The first kappa shape index (κ1) is 18.3. The van der Waals surface area contributed by atoms with Crippen LogP contribution in [0.2, 0.25) is 0 Å². The average Bonchev–Trinajstić information content (AvgIpc) is 2.19. The van der Waals surface area contributed by atoms with Crippen molar-refractivity contribution in [1.29, 1.82) is 0 Å². The van der Waals surface area contributed by atoms with E-state index in [1.54, 1.807) is 6.92 Å². The second kappa shape index (κ2) is 10.1. The molecule has 0 bridgehead atoms. The third-order valence-electron chi connectivity index (χ3n) is 2.24. The van der Waals surface area contributed by atoms with Crippen LogP contribution in [0.25, 0.3) is 0 Å². The van der Waals surface area contributed by atoms with Crippen LogP contribution in [-0.4, -0.2) is 56.2 Å². The van der Waals surface area contributed by atoms with Gasteiger partial charge in [0.1, 0.15) is 0 Å². The number of hydrogen-bond acceptors (Lipinski definition) is 4. The molecule has 1 fully saturated rings. The van der Waals surface area contributed by atoms with Gasteiger partial charge in [0.05, 0.1) is 19.3 Å². The van der Waals surface area contributed by atoms with E-state index in [-0.39, 0.29) is 30.7 Å². The van der Waals surface area contributed by atoms with Gasteiger partial charge in [-0.3, -0.25) is 9.69 Å². The number of nitrogens with one attached hydrogen (secondary N) is 1. The minimum atomic E-state index is -0.417. The standard InChI is InChI=1S/C9H19N3O2.2ClH/c1-8(10)9(13)11-2-3-12-4-6-14-7-5-12;;/h8H,2-7,10H2,1H3,(H,11,13);2*1H/t8-;;/m0../s1. The van der Waals surface area contributed by atoms with E-state index in [2.05, 4.69) is 10.2 Å². The quantitative estimate of drug-likeness (QED) is 0.733. The molecule has 0 spiro atoms. The monoisotopic (exact) mass is 273 g/mol. The normalized spacial score (nSPS) is 17.9. The molecular formula is C9H21Cl2N3O2. The van der Waals surface area contributed by atoms with E-state index in [0.717, 1.165) is 32.8 Å². The van der Waals surface area contributed by atoms with Crippen LogP contribution in [-0.2, 0) is 9.53 Å². The van der Waals surface area contributed by atoms with Gasteiger partial charge in [-0.15, -0.1) is 24.8 Å². The Kier molecular flexibility index (Phi) is 11.6. The molecule has 3 N–H and O–H groups in total. The highest BCUT2D eigenvalue weighted by molar-refractivity contribution is 5.85. The molecule has 0 aliphatic carbocycles. The van der Waals surface area contributed by atoms with Crippen molar-refractivity contribution in [2.45, 2.75) is 13.0 Å². The van der Waals surface area contributed by atoms with Crippen molar-refractivity contribution in [3.8, 4) is 0 Å². The Morgan fingerprint density at radius 1 is 1.44 bits per heavy atom. The topological polar surface area (TPSA) is 67.6 Å². The van der Waals surface area contributed by atoms with E-state index in [1.807, 2.05) is 0 Å². The number of carbonyl (C=O) groups is 1. The summed E-state index contributed by atoms with van der Waals surface area (Å²) >= 11 is 0. The van der Waals surface area contributed by atoms with Gasteiger partial charge < -0.3 is 15.8 Å². The van der Waals surface area contributed by atoms with Crippen LogP contribution in [0.3, 0.4) is 0 Å². The Hall–Kier alpha value is -0.0700. The number of carbonyl (C=O) groups excluding carboxylic acids is 1. The van der Waals surface area contributed by atoms with Crippen LogP contribution >= 0.6 is 24.8 Å². The SMILES string of the molecule is C[C@H](N)C(=O)NCCN1CCOCC1.Cl.Cl. The van der Waals surface area contributed by atoms with Gasteiger partial charge in [-0.25, -0.2) is 0 Å². The van der Waals surface area contributed by atoms with Gasteiger partial charge in [0.25, 0.3) is 0 Å². The highest BCUT2D eigenvalue weighted by Crippen LogP contribution is 1.94. The minimum absolute atomic E-state index is 0. The summed E-state index contributed by atoms with van der Waals surface area (Å²) < 4.78 is 5.22. The molecule has 1 aliphatic rings. The third kappa shape index (κ3) is 7.24. The molecule has 0 saturated carbocycles. The number of nitrogens with zero attached hydrogens (tertiary/aromatic N) is 1. The van der Waals surface area contributed by atoms with E-state index in [9.17, 15) is 4.79 Å². The maximum Gasteiger partial charge on any atom is 0.236 e. The molecule has 1 aliphatic heterocycles. The Morgan fingerprint density at radius 3 is 2.50 bits per heavy atom. The molecule has 1 saturated heterocycles. The van der Waals surface area contributed by atoms with Gasteiger partial charge >= 0.3 is 0 Å². The summed E-state index contributed by atoms with van der Waals surface area (Å²) in [5.41, 5.74) is 5.41. The van der Waals surface area contributed by atoms with Crippen molar-refractivity contribution < 1.29 is 9.53 Å². The Bertz CT molecular complexity index is 188. The zero-order valence-electron chi connectivity index (χ0n) is 9.48. The minimum Gasteiger partial charge on any atom is -0.379 e. The number of halogens is 2. The fourth-order valence-corrected chi connectivity index (χ4v) is 1.32. The fraction of sp³-hybridized carbons (Fsp3) is 0.889. The van der Waals surface area contributed by atoms with E-state index >= 15 is 0 Å². The lowest BCUT2D eigenvalue weighted by molar-refractivity contribution is -0.122. The second-order valence-corrected chi connectivity index (χ2v) is 3.53. The lowest BCUT2D eigenvalue weighted by Gasteiger charge is -2.26. The van der Waals surface area contributed by atoms with Crippen LogP contribution in [0.1, 0.15) is 6.92 Å². The van der Waals surface area contributed by atoms with Crippen molar-refractivity contribution in [3.63, 3.8) is 0 Å². The zero-order valence-corrected chi connectivity index (χ0v) is 11.1. The molecule has 16 heavy (non-hydrogen) atoms. The number of morpholine rings is 1. The molecule has 1 heterocycles. The first-order valence-electron chi connectivity index (χ1n) is 5.03. The summed E-state index contributed by atoms with van der Waals surface area (Å²) in [6.07, 6.45) is 0. The highest BCUT2D eigenvalue weighted by Gasteiger charge is 2.11. The molecule has 98 valence electrons. The van der Waals surface area contributed by atoms with Gasteiger partial charge in [0.2, 0.25) is 5.91 Å². The Labute approximate surface area is 109 Å². The summed E-state index contributed by atoms with van der Waals surface area (Å²) in [4.78, 5) is 13.4. The number of ether oxygens (including phenoxy) is 1. The molecule has 1 amide bonds. The predicted octanol–water partition coefficient (Wildman–Crippen LogP) is -0.374. The van der Waals surface area contributed by atoms with Gasteiger partial charge in [0, 0.05) is 26.2 Å². The predicted molar refractivity (Wildman–Crippen MR) is 68.4 cm³/mol. The molecule has 0 aromatic carbocycles. The largest absolute Gasteiger partial charge is 0.379 e. The van der Waals surface area contributed by atoms with E-state index in [0.29, 0.717) is 6.54 Å². The summed E-state index contributed by atoms with van der Waals surface area (Å²) in [7, 11) is 0. The summed E-state index contributed by atoms with van der Waals surface area (Å²) in [6.45, 7) is 6.72. The summed E-state index contributed by atoms with van der Waals surface area (Å²) in [5.74, 6) is -0.0849. The fourth-order valence-electron chi connectivity index (χ4n) is 1.32. The van der Waals surface area contributed by atoms with E-state index < -0.39 is 6.04 Å². The van der Waals surface area contributed by atoms with E-state index in [4.69, 9.17) is 10.5 Å². The molecule has 5 nitrogen and oxygen atoms in total. The maximum atomic E-state index is 11.1. The highest BCUT2D eigenvalue weighted by atomic mass is 35.5. The lowest BCUT2D eigenvalue weighted by atomic mass is 10.3. The van der Waals surface area contributed by atoms with Gasteiger partial charge in [-0.2, -0.15) is 0 Å². The number of rotatable bonds is 4. The van der Waals surface area contributed by atoms with Crippen LogP contribution in [0.4, 0.5) is 0 Å². The molecule has 1 atom stereocenters. The van der Waals surface area contributed by atoms with Gasteiger partial charge in [-0.05, 0) is 6.92 Å². The molecule has 7 heteroatoms. The maximum absolute atomic E-state index is 11.1. The summed E-state index contributed by atoms with van der Waals surface area (Å²) in [5, 5.41) is 2.78. The molecular weight excluding hydrogens is 253 g/mol. The number of hydrogen-bond donors (Lipinski definition) is 2. The van der Waals surface area contributed by atoms with Gasteiger partial charge in [0.15, 0.2) is 0 Å². The second-order valence-electron chi connectivity index (χ2n) is 3.53. The van der Waals surface area contributed by atoms with Crippen molar-refractivity contribution in [2.24, 2.45) is 5.73 Å². The first-order chi connectivity index (χ1) is 6.70. The van der Waals surface area contributed by atoms with Crippen molar-refractivity contribution in [3.05, 3.63) is 0 Å². The molecule has 0 radical (unpaired) electrons. The van der Waals surface area contributed by atoms with Crippen molar-refractivity contribution >= 4 is 30.7 Å². The average molecular weight is 274 g/mol. The number of amides is 1. The van der Waals surface area contributed by atoms with E-state index in [1.165, 1.54) is 0 Å². The molecule has 1 rings (SSSR count). The van der Waals surface area contributed by atoms with Crippen molar-refractivity contribution in [1.82, 2.24) is 10.2 Å². The molecule has 0 unspecified atom stereocenters. The Morgan fingerprint density at radius 2 is 2.00 bits per heavy atom. The van der Waals surface area contributed by atoms with Crippen LogP contribution in [0.5, 0.6) is 0 Å². The smallest absolute Gasteiger partial charge is 0.236 e. The molecule has 0 aromatic rings. The van der Waals surface area contributed by atoms with Crippen LogP contribution in [0, 0.1) is 0 Å².